The van der Waals surface area contributed by atoms with Gasteiger partial charge in [-0.1, -0.05) is 42.5 Å². The number of hydrogen-bond donors (Lipinski definition) is 1. The van der Waals surface area contributed by atoms with E-state index in [1.165, 1.54) is 28.9 Å². The third-order valence-corrected chi connectivity index (χ3v) is 4.21. The minimum absolute atomic E-state index is 0.0317. The Bertz CT molecular complexity index is 866. The zero-order valence-electron chi connectivity index (χ0n) is 14.1. The molecular weight excluding hydrogens is 316 g/mol. The summed E-state index contributed by atoms with van der Waals surface area (Å²) in [6.45, 7) is 0.560. The van der Waals surface area contributed by atoms with E-state index in [9.17, 15) is 9.59 Å². The number of nitrogens with zero attached hydrogens (tertiary/aromatic N) is 1. The van der Waals surface area contributed by atoms with Gasteiger partial charge in [0.1, 0.15) is 6.26 Å². The van der Waals surface area contributed by atoms with Crippen LogP contribution in [0.2, 0.25) is 0 Å². The fourth-order valence-corrected chi connectivity index (χ4v) is 2.71. The number of rotatable bonds is 6. The first-order chi connectivity index (χ1) is 12.1. The smallest absolute Gasteiger partial charge is 0.254 e. The Hall–Kier alpha value is -3.08. The van der Waals surface area contributed by atoms with E-state index in [2.05, 4.69) is 29.6 Å². The summed E-state index contributed by atoms with van der Waals surface area (Å²) in [6.07, 6.45) is 3.54. The van der Waals surface area contributed by atoms with Crippen molar-refractivity contribution in [2.45, 2.75) is 6.42 Å². The standard InChI is InChI=1S/C20H20N2O3/c1-22(19(23)13-21-20(24)17-10-12-25-14-17)11-9-16-7-4-6-15-5-2-3-8-18(15)16/h2-8,10,12,14H,9,11,13H2,1H3,(H,21,24). The maximum absolute atomic E-state index is 12.2. The number of hydrogen-bond acceptors (Lipinski definition) is 3. The lowest BCUT2D eigenvalue weighted by Crippen LogP contribution is -2.38. The molecule has 0 aliphatic heterocycles. The number of fused-ring (bicyclic) bond motifs is 1. The molecule has 0 saturated carbocycles. The van der Waals surface area contributed by atoms with Gasteiger partial charge in [0.25, 0.3) is 5.91 Å². The topological polar surface area (TPSA) is 62.6 Å². The number of nitrogens with one attached hydrogen (secondary N) is 1. The van der Waals surface area contributed by atoms with E-state index in [1.54, 1.807) is 18.0 Å². The maximum atomic E-state index is 12.2. The van der Waals surface area contributed by atoms with Crippen molar-refractivity contribution in [3.8, 4) is 0 Å². The largest absolute Gasteiger partial charge is 0.472 e. The van der Waals surface area contributed by atoms with E-state index in [1.807, 2.05) is 18.2 Å². The predicted octanol–water partition coefficient (Wildman–Crippen LogP) is 2.86. The van der Waals surface area contributed by atoms with Crippen LogP contribution in [0, 0.1) is 0 Å². The molecule has 5 heteroatoms. The highest BCUT2D eigenvalue weighted by Crippen LogP contribution is 2.19. The number of furan rings is 1. The van der Waals surface area contributed by atoms with Gasteiger partial charge < -0.3 is 14.6 Å². The molecule has 1 aromatic heterocycles. The van der Waals surface area contributed by atoms with Gasteiger partial charge in [0, 0.05) is 13.6 Å². The van der Waals surface area contributed by atoms with Gasteiger partial charge in [0.05, 0.1) is 18.4 Å². The Labute approximate surface area is 146 Å². The van der Waals surface area contributed by atoms with E-state index in [0.29, 0.717) is 12.1 Å². The molecule has 2 amide bonds. The summed E-state index contributed by atoms with van der Waals surface area (Å²) < 4.78 is 4.86. The molecule has 3 aromatic rings. The SMILES string of the molecule is CN(CCc1cccc2ccccc12)C(=O)CNC(=O)c1ccoc1. The molecule has 3 rings (SSSR count). The lowest BCUT2D eigenvalue weighted by atomic mass is 10.0. The fraction of sp³-hybridized carbons (Fsp3) is 0.200. The van der Waals surface area contributed by atoms with Crippen LogP contribution >= 0.6 is 0 Å². The molecule has 0 bridgehead atoms. The van der Waals surface area contributed by atoms with Crippen molar-refractivity contribution >= 4 is 22.6 Å². The van der Waals surface area contributed by atoms with Crippen LogP contribution in [0.3, 0.4) is 0 Å². The Balaban J connectivity index is 1.54. The van der Waals surface area contributed by atoms with Crippen molar-refractivity contribution in [3.05, 3.63) is 72.2 Å². The number of likely N-dealkylation sites (N-methyl/N-ethyl adjacent to an activating group) is 1. The van der Waals surface area contributed by atoms with Crippen molar-refractivity contribution in [1.82, 2.24) is 10.2 Å². The Morgan fingerprint density at radius 2 is 1.88 bits per heavy atom. The molecule has 0 unspecified atom stereocenters. The molecule has 1 heterocycles. The second-order valence-corrected chi connectivity index (χ2v) is 5.90. The normalized spacial score (nSPS) is 10.6. The average Bonchev–Trinajstić information content (AvgIpc) is 3.18. The summed E-state index contributed by atoms with van der Waals surface area (Å²) in [6, 6.07) is 16.0. The number of carbonyl (C=O) groups excluding carboxylic acids is 2. The van der Waals surface area contributed by atoms with Crippen molar-refractivity contribution in [2.75, 3.05) is 20.1 Å². The van der Waals surface area contributed by atoms with E-state index >= 15 is 0 Å². The molecule has 128 valence electrons. The van der Waals surface area contributed by atoms with Gasteiger partial charge in [-0.3, -0.25) is 9.59 Å². The minimum atomic E-state index is -0.315. The van der Waals surface area contributed by atoms with Crippen LogP contribution in [0.1, 0.15) is 15.9 Å². The zero-order chi connectivity index (χ0) is 17.6. The summed E-state index contributed by atoms with van der Waals surface area (Å²) in [5.41, 5.74) is 1.62. The first kappa shape index (κ1) is 16.8. The van der Waals surface area contributed by atoms with Gasteiger partial charge in [-0.05, 0) is 28.8 Å². The van der Waals surface area contributed by atoms with Gasteiger partial charge in [0.2, 0.25) is 5.91 Å². The molecule has 0 aliphatic rings. The van der Waals surface area contributed by atoms with Crippen LogP contribution in [0.5, 0.6) is 0 Å². The quantitative estimate of drug-likeness (QED) is 0.753. The monoisotopic (exact) mass is 336 g/mol. The first-order valence-electron chi connectivity index (χ1n) is 8.16. The summed E-state index contributed by atoms with van der Waals surface area (Å²) >= 11 is 0. The molecule has 25 heavy (non-hydrogen) atoms. The van der Waals surface area contributed by atoms with Crippen LogP contribution in [-0.4, -0.2) is 36.9 Å². The highest BCUT2D eigenvalue weighted by molar-refractivity contribution is 5.96. The first-order valence-corrected chi connectivity index (χ1v) is 8.16. The van der Waals surface area contributed by atoms with E-state index in [0.717, 1.165) is 6.42 Å². The number of benzene rings is 2. The molecule has 5 nitrogen and oxygen atoms in total. The lowest BCUT2D eigenvalue weighted by molar-refractivity contribution is -0.128. The van der Waals surface area contributed by atoms with Gasteiger partial charge >= 0.3 is 0 Å². The molecular formula is C20H20N2O3. The van der Waals surface area contributed by atoms with Gasteiger partial charge in [0.15, 0.2) is 0 Å². The van der Waals surface area contributed by atoms with Crippen molar-refractivity contribution in [2.24, 2.45) is 0 Å². The highest BCUT2D eigenvalue weighted by Gasteiger charge is 2.12. The Morgan fingerprint density at radius 3 is 2.68 bits per heavy atom. The fourth-order valence-electron chi connectivity index (χ4n) is 2.71. The van der Waals surface area contributed by atoms with Crippen molar-refractivity contribution in [3.63, 3.8) is 0 Å². The van der Waals surface area contributed by atoms with Crippen molar-refractivity contribution < 1.29 is 14.0 Å². The molecule has 1 N–H and O–H groups in total. The third-order valence-electron chi connectivity index (χ3n) is 4.21. The molecule has 0 fully saturated rings. The molecule has 0 aliphatic carbocycles. The summed E-state index contributed by atoms with van der Waals surface area (Å²) in [7, 11) is 1.75. The van der Waals surface area contributed by atoms with E-state index in [4.69, 9.17) is 4.42 Å². The Morgan fingerprint density at radius 1 is 1.08 bits per heavy atom. The second-order valence-electron chi connectivity index (χ2n) is 5.90. The van der Waals surface area contributed by atoms with Crippen LogP contribution in [0.15, 0.2) is 65.5 Å². The van der Waals surface area contributed by atoms with Gasteiger partial charge in [-0.2, -0.15) is 0 Å². The summed E-state index contributed by atoms with van der Waals surface area (Å²) in [5.74, 6) is -0.443. The van der Waals surface area contributed by atoms with Gasteiger partial charge in [-0.25, -0.2) is 0 Å². The summed E-state index contributed by atoms with van der Waals surface area (Å²) in [5, 5.41) is 5.01. The number of amides is 2. The maximum Gasteiger partial charge on any atom is 0.254 e. The van der Waals surface area contributed by atoms with Crippen LogP contribution < -0.4 is 5.32 Å². The van der Waals surface area contributed by atoms with Crippen LogP contribution in [0.25, 0.3) is 10.8 Å². The average molecular weight is 336 g/mol. The van der Waals surface area contributed by atoms with Crippen molar-refractivity contribution in [1.29, 1.82) is 0 Å². The molecule has 0 atom stereocenters. The Kier molecular flexibility index (Phi) is 5.14. The van der Waals surface area contributed by atoms with E-state index < -0.39 is 0 Å². The molecule has 0 spiro atoms. The third kappa shape index (κ3) is 4.07. The van der Waals surface area contributed by atoms with Crippen LogP contribution in [0.4, 0.5) is 0 Å². The number of carbonyl (C=O) groups is 2. The minimum Gasteiger partial charge on any atom is -0.472 e. The highest BCUT2D eigenvalue weighted by atomic mass is 16.3. The molecule has 0 radical (unpaired) electrons. The van der Waals surface area contributed by atoms with E-state index in [-0.39, 0.29) is 18.4 Å². The molecule has 0 saturated heterocycles. The van der Waals surface area contributed by atoms with Crippen LogP contribution in [-0.2, 0) is 11.2 Å². The predicted molar refractivity (Wildman–Crippen MR) is 96.3 cm³/mol. The molecule has 2 aromatic carbocycles. The zero-order valence-corrected chi connectivity index (χ0v) is 14.1. The second kappa shape index (κ2) is 7.66. The van der Waals surface area contributed by atoms with Gasteiger partial charge in [-0.15, -0.1) is 0 Å². The lowest BCUT2D eigenvalue weighted by Gasteiger charge is -2.18. The summed E-state index contributed by atoms with van der Waals surface area (Å²) in [4.78, 5) is 25.6.